The highest BCUT2D eigenvalue weighted by Crippen LogP contribution is 2.19. The van der Waals surface area contributed by atoms with Crippen molar-refractivity contribution in [3.63, 3.8) is 0 Å². The molecule has 0 N–H and O–H groups in total. The molecule has 1 heterocycles. The first-order valence-electron chi connectivity index (χ1n) is 11.9. The van der Waals surface area contributed by atoms with E-state index in [-0.39, 0.29) is 0 Å². The van der Waals surface area contributed by atoms with Gasteiger partial charge in [0.25, 0.3) is 0 Å². The molecule has 0 atom stereocenters. The summed E-state index contributed by atoms with van der Waals surface area (Å²) < 4.78 is 19.7. The van der Waals surface area contributed by atoms with Gasteiger partial charge in [-0.15, -0.1) is 5.10 Å². The highest BCUT2D eigenvalue weighted by molar-refractivity contribution is 6.60. The minimum absolute atomic E-state index is 0.612. The first-order valence-corrected chi connectivity index (χ1v) is 13.8. The summed E-state index contributed by atoms with van der Waals surface area (Å²) in [5.41, 5.74) is 0. The molecule has 0 aromatic carbocycles. The molecule has 29 heavy (non-hydrogen) atoms. The lowest BCUT2D eigenvalue weighted by Crippen LogP contribution is -2.46. The van der Waals surface area contributed by atoms with Gasteiger partial charge in [0, 0.05) is 38.8 Å². The summed E-state index contributed by atoms with van der Waals surface area (Å²) in [7, 11) is -2.58. The Balaban J connectivity index is 2.30. The molecule has 0 aliphatic rings. The maximum absolute atomic E-state index is 5.93. The summed E-state index contributed by atoms with van der Waals surface area (Å²) in [6, 6.07) is 0.792. The van der Waals surface area contributed by atoms with Crippen molar-refractivity contribution < 1.29 is 13.3 Å². The van der Waals surface area contributed by atoms with Crippen molar-refractivity contribution in [3.8, 4) is 0 Å². The molecular formula is C21H44N4O3Si. The zero-order valence-electron chi connectivity index (χ0n) is 19.3. The van der Waals surface area contributed by atoms with Crippen molar-refractivity contribution in [2.75, 3.05) is 19.8 Å². The van der Waals surface area contributed by atoms with E-state index in [0.717, 1.165) is 37.7 Å². The zero-order valence-corrected chi connectivity index (χ0v) is 20.3. The van der Waals surface area contributed by atoms with Gasteiger partial charge in [-0.1, -0.05) is 58.3 Å². The minimum atomic E-state index is -2.58. The predicted octanol–water partition coefficient (Wildman–Crippen LogP) is 5.18. The van der Waals surface area contributed by atoms with Crippen molar-refractivity contribution in [3.05, 3.63) is 5.82 Å². The lowest BCUT2D eigenvalue weighted by atomic mass is 10.1. The molecule has 0 radical (unpaired) electrons. The fraction of sp³-hybridized carbons (Fsp3) is 0.952. The normalized spacial score (nSPS) is 12.0. The lowest BCUT2D eigenvalue weighted by molar-refractivity contribution is 0.0704. The number of rotatable bonds is 20. The summed E-state index contributed by atoms with van der Waals surface area (Å²) >= 11 is 0. The Labute approximate surface area is 179 Å². The topological polar surface area (TPSA) is 71.3 Å². The van der Waals surface area contributed by atoms with Gasteiger partial charge in [0.05, 0.1) is 0 Å². The third-order valence-corrected chi connectivity index (χ3v) is 8.21. The van der Waals surface area contributed by atoms with Gasteiger partial charge in [-0.25, -0.2) is 4.68 Å². The number of nitrogens with zero attached hydrogens (tertiary/aromatic N) is 4. The average Bonchev–Trinajstić information content (AvgIpc) is 3.14. The second kappa shape index (κ2) is 16.9. The van der Waals surface area contributed by atoms with Gasteiger partial charge in [0.15, 0.2) is 5.82 Å². The molecule has 0 aliphatic heterocycles. The highest BCUT2D eigenvalue weighted by Gasteiger charge is 2.39. The maximum Gasteiger partial charge on any atom is 0.500 e. The van der Waals surface area contributed by atoms with E-state index in [4.69, 9.17) is 13.3 Å². The Kier molecular flexibility index (Phi) is 15.3. The summed E-state index contributed by atoms with van der Waals surface area (Å²) in [6.07, 6.45) is 13.8. The van der Waals surface area contributed by atoms with E-state index in [1.165, 1.54) is 51.4 Å². The second-order valence-electron chi connectivity index (χ2n) is 7.48. The van der Waals surface area contributed by atoms with Crippen LogP contribution < -0.4 is 0 Å². The maximum atomic E-state index is 5.93. The smallest absolute Gasteiger partial charge is 0.374 e. The minimum Gasteiger partial charge on any atom is -0.374 e. The van der Waals surface area contributed by atoms with Gasteiger partial charge in [-0.3, -0.25) is 0 Å². The first-order chi connectivity index (χ1) is 14.2. The van der Waals surface area contributed by atoms with Crippen LogP contribution >= 0.6 is 0 Å². The largest absolute Gasteiger partial charge is 0.500 e. The van der Waals surface area contributed by atoms with E-state index in [1.807, 2.05) is 25.5 Å². The van der Waals surface area contributed by atoms with E-state index < -0.39 is 8.80 Å². The second-order valence-corrected chi connectivity index (χ2v) is 10.2. The fourth-order valence-electron chi connectivity index (χ4n) is 3.62. The Bertz CT molecular complexity index is 485. The van der Waals surface area contributed by atoms with Crippen LogP contribution in [0.25, 0.3) is 0 Å². The molecule has 0 bridgehead atoms. The van der Waals surface area contributed by atoms with Crippen LogP contribution in [0.5, 0.6) is 0 Å². The van der Waals surface area contributed by atoms with Crippen LogP contribution in [0, 0.1) is 0 Å². The van der Waals surface area contributed by atoms with E-state index in [0.29, 0.717) is 19.8 Å². The van der Waals surface area contributed by atoms with E-state index in [2.05, 4.69) is 22.4 Å². The average molecular weight is 429 g/mol. The molecule has 0 aliphatic carbocycles. The van der Waals surface area contributed by atoms with E-state index in [9.17, 15) is 0 Å². The van der Waals surface area contributed by atoms with Crippen molar-refractivity contribution in [1.82, 2.24) is 20.2 Å². The lowest BCUT2D eigenvalue weighted by Gasteiger charge is -2.28. The Morgan fingerprint density at radius 1 is 0.724 bits per heavy atom. The van der Waals surface area contributed by atoms with Crippen molar-refractivity contribution in [2.45, 2.75) is 111 Å². The molecular weight excluding hydrogens is 384 g/mol. The van der Waals surface area contributed by atoms with E-state index in [1.54, 1.807) is 0 Å². The number of aryl methyl sites for hydroxylation is 2. The Morgan fingerprint density at radius 2 is 1.28 bits per heavy atom. The van der Waals surface area contributed by atoms with Crippen molar-refractivity contribution >= 4 is 8.80 Å². The van der Waals surface area contributed by atoms with Gasteiger partial charge in [0.1, 0.15) is 0 Å². The molecule has 0 fully saturated rings. The quantitative estimate of drug-likeness (QED) is 0.210. The van der Waals surface area contributed by atoms with Gasteiger partial charge in [-0.2, -0.15) is 0 Å². The monoisotopic (exact) mass is 428 g/mol. The number of unbranched alkanes of at least 4 members (excludes halogenated alkanes) is 8. The third-order valence-electron chi connectivity index (χ3n) is 5.06. The summed E-state index contributed by atoms with van der Waals surface area (Å²) in [4.78, 5) is 0. The molecule has 0 amide bonds. The fourth-order valence-corrected chi connectivity index (χ4v) is 6.21. The van der Waals surface area contributed by atoms with Gasteiger partial charge in [0.2, 0.25) is 0 Å². The third kappa shape index (κ3) is 11.2. The van der Waals surface area contributed by atoms with Crippen LogP contribution in [-0.2, 0) is 26.2 Å². The number of tetrazole rings is 1. The molecule has 0 unspecified atom stereocenters. The Hall–Kier alpha value is -0.833. The highest BCUT2D eigenvalue weighted by atomic mass is 28.4. The van der Waals surface area contributed by atoms with Crippen molar-refractivity contribution in [1.29, 1.82) is 0 Å². The number of aromatic nitrogens is 4. The molecule has 0 spiro atoms. The van der Waals surface area contributed by atoms with Crippen LogP contribution in [0.3, 0.4) is 0 Å². The summed E-state index contributed by atoms with van der Waals surface area (Å²) in [5.74, 6) is 0.990. The molecule has 0 saturated heterocycles. The predicted molar refractivity (Wildman–Crippen MR) is 119 cm³/mol. The summed E-state index contributed by atoms with van der Waals surface area (Å²) in [5, 5.41) is 12.3. The standard InChI is InChI=1S/C21H44N4O3Si/c1-5-9-10-11-12-13-14-15-16-18-21-22-23-24-25(21)19-17-20-29(26-6-2,27-7-3)28-8-4/h5-20H2,1-4H3. The van der Waals surface area contributed by atoms with E-state index >= 15 is 0 Å². The molecule has 8 heteroatoms. The molecule has 1 rings (SSSR count). The van der Waals surface area contributed by atoms with Crippen LogP contribution in [0.4, 0.5) is 0 Å². The van der Waals surface area contributed by atoms with Crippen LogP contribution in [0.2, 0.25) is 6.04 Å². The van der Waals surface area contributed by atoms with Gasteiger partial charge < -0.3 is 13.3 Å². The number of hydrogen-bond acceptors (Lipinski definition) is 6. The summed E-state index contributed by atoms with van der Waals surface area (Å²) in [6.45, 7) is 10.9. The molecule has 1 aromatic rings. The number of hydrogen-bond donors (Lipinski definition) is 0. The SMILES string of the molecule is CCCCCCCCCCCc1nnnn1CCC[Si](OCC)(OCC)OCC. The molecule has 0 saturated carbocycles. The van der Waals surface area contributed by atoms with Gasteiger partial charge in [-0.05, 0) is 44.0 Å². The molecule has 7 nitrogen and oxygen atoms in total. The van der Waals surface area contributed by atoms with Crippen molar-refractivity contribution in [2.24, 2.45) is 0 Å². The van der Waals surface area contributed by atoms with Gasteiger partial charge >= 0.3 is 8.80 Å². The van der Waals surface area contributed by atoms with Crippen LogP contribution in [0.15, 0.2) is 0 Å². The van der Waals surface area contributed by atoms with Crippen LogP contribution in [0.1, 0.15) is 97.7 Å². The molecule has 170 valence electrons. The first kappa shape index (κ1) is 26.2. The van der Waals surface area contributed by atoms with Crippen LogP contribution in [-0.4, -0.2) is 48.8 Å². The Morgan fingerprint density at radius 3 is 1.83 bits per heavy atom. The molecule has 1 aromatic heterocycles. The zero-order chi connectivity index (χ0) is 21.2.